The molecule has 0 saturated heterocycles. The molecule has 0 aliphatic rings. The molecule has 1 heterocycles. The zero-order chi connectivity index (χ0) is 15.6. The predicted molar refractivity (Wildman–Crippen MR) is 89.9 cm³/mol. The zero-order valence-electron chi connectivity index (χ0n) is 12.9. The fraction of sp³-hybridized carbons (Fsp3) is 0.353. The van der Waals surface area contributed by atoms with Crippen molar-refractivity contribution in [3.05, 3.63) is 51.3 Å². The van der Waals surface area contributed by atoms with Crippen LogP contribution in [0.15, 0.2) is 28.7 Å². The average Bonchev–Trinajstić information content (AvgIpc) is 2.40. The molecule has 0 amide bonds. The highest BCUT2D eigenvalue weighted by atomic mass is 79.9. The summed E-state index contributed by atoms with van der Waals surface area (Å²) in [5.74, 6) is 2.04. The zero-order valence-corrected chi connectivity index (χ0v) is 14.5. The summed E-state index contributed by atoms with van der Waals surface area (Å²) in [5, 5.41) is 0. The summed E-state index contributed by atoms with van der Waals surface area (Å²) in [6, 6.07) is 8.03. The van der Waals surface area contributed by atoms with Crippen molar-refractivity contribution in [2.24, 2.45) is 5.73 Å². The second-order valence-corrected chi connectivity index (χ2v) is 6.38. The number of hydrogen-bond acceptors (Lipinski definition) is 3. The van der Waals surface area contributed by atoms with E-state index < -0.39 is 0 Å². The standard InChI is InChI=1S/C17H21BrN2O/c1-10(2)14-8-13(18)5-6-16(14)21-17-7-11(3)20-12(4)15(17)9-19/h5-8,10H,9,19H2,1-4H3. The molecule has 0 atom stereocenters. The predicted octanol–water partition coefficient (Wildman–Crippen LogP) is 4.84. The van der Waals surface area contributed by atoms with Gasteiger partial charge in [0, 0.05) is 34.0 Å². The van der Waals surface area contributed by atoms with Crippen LogP contribution in [0.5, 0.6) is 11.5 Å². The number of ether oxygens (including phenoxy) is 1. The number of nitrogens with two attached hydrogens (primary N) is 1. The van der Waals surface area contributed by atoms with Crippen LogP contribution in [-0.4, -0.2) is 4.98 Å². The second kappa shape index (κ2) is 6.58. The third-order valence-electron chi connectivity index (χ3n) is 3.44. The first-order valence-corrected chi connectivity index (χ1v) is 7.86. The summed E-state index contributed by atoms with van der Waals surface area (Å²) in [5.41, 5.74) is 9.83. The Morgan fingerprint density at radius 2 is 1.90 bits per heavy atom. The van der Waals surface area contributed by atoms with Crippen LogP contribution < -0.4 is 10.5 Å². The number of aryl methyl sites for hydroxylation is 2. The molecule has 0 fully saturated rings. The highest BCUT2D eigenvalue weighted by Gasteiger charge is 2.13. The summed E-state index contributed by atoms with van der Waals surface area (Å²) in [6.45, 7) is 8.66. The van der Waals surface area contributed by atoms with Gasteiger partial charge in [-0.05, 0) is 43.5 Å². The van der Waals surface area contributed by atoms with E-state index in [9.17, 15) is 0 Å². The first-order valence-electron chi connectivity index (χ1n) is 7.07. The van der Waals surface area contributed by atoms with Crippen molar-refractivity contribution in [2.45, 2.75) is 40.2 Å². The van der Waals surface area contributed by atoms with Crippen LogP contribution in [0.2, 0.25) is 0 Å². The van der Waals surface area contributed by atoms with E-state index in [1.807, 2.05) is 32.0 Å². The first-order chi connectivity index (χ1) is 9.92. The van der Waals surface area contributed by atoms with Crippen molar-refractivity contribution in [1.82, 2.24) is 4.98 Å². The van der Waals surface area contributed by atoms with Crippen molar-refractivity contribution in [1.29, 1.82) is 0 Å². The summed E-state index contributed by atoms with van der Waals surface area (Å²) in [6.07, 6.45) is 0. The molecule has 2 N–H and O–H groups in total. The first kappa shape index (κ1) is 16.0. The number of rotatable bonds is 4. The maximum atomic E-state index is 6.17. The van der Waals surface area contributed by atoms with Gasteiger partial charge in [-0.2, -0.15) is 0 Å². The van der Waals surface area contributed by atoms with Crippen molar-refractivity contribution in [3.8, 4) is 11.5 Å². The van der Waals surface area contributed by atoms with Crippen molar-refractivity contribution >= 4 is 15.9 Å². The van der Waals surface area contributed by atoms with Crippen LogP contribution in [-0.2, 0) is 6.54 Å². The Bertz CT molecular complexity index is 653. The van der Waals surface area contributed by atoms with Crippen LogP contribution in [0.3, 0.4) is 0 Å². The molecule has 0 bridgehead atoms. The van der Waals surface area contributed by atoms with Gasteiger partial charge in [-0.3, -0.25) is 4.98 Å². The maximum absolute atomic E-state index is 6.17. The highest BCUT2D eigenvalue weighted by Crippen LogP contribution is 2.34. The number of hydrogen-bond donors (Lipinski definition) is 1. The number of benzene rings is 1. The van der Waals surface area contributed by atoms with Gasteiger partial charge >= 0.3 is 0 Å². The van der Waals surface area contributed by atoms with Gasteiger partial charge in [0.05, 0.1) is 0 Å². The van der Waals surface area contributed by atoms with E-state index in [4.69, 9.17) is 10.5 Å². The molecular formula is C17H21BrN2O. The smallest absolute Gasteiger partial charge is 0.135 e. The largest absolute Gasteiger partial charge is 0.457 e. The minimum atomic E-state index is 0.378. The monoisotopic (exact) mass is 348 g/mol. The van der Waals surface area contributed by atoms with Gasteiger partial charge in [0.1, 0.15) is 11.5 Å². The molecule has 112 valence electrons. The Balaban J connectivity index is 2.48. The molecule has 2 rings (SSSR count). The molecule has 3 nitrogen and oxygen atoms in total. The van der Waals surface area contributed by atoms with Gasteiger partial charge in [-0.25, -0.2) is 0 Å². The number of nitrogens with zero attached hydrogens (tertiary/aromatic N) is 1. The van der Waals surface area contributed by atoms with Crippen LogP contribution in [0.25, 0.3) is 0 Å². The van der Waals surface area contributed by atoms with Crippen molar-refractivity contribution < 1.29 is 4.74 Å². The molecule has 0 aliphatic heterocycles. The van der Waals surface area contributed by atoms with Gasteiger partial charge in [0.2, 0.25) is 0 Å². The van der Waals surface area contributed by atoms with E-state index in [0.29, 0.717) is 12.5 Å². The lowest BCUT2D eigenvalue weighted by Crippen LogP contribution is -2.05. The highest BCUT2D eigenvalue weighted by molar-refractivity contribution is 9.10. The minimum Gasteiger partial charge on any atom is -0.457 e. The van der Waals surface area contributed by atoms with Gasteiger partial charge in [-0.15, -0.1) is 0 Å². The van der Waals surface area contributed by atoms with Gasteiger partial charge in [-0.1, -0.05) is 29.8 Å². The molecule has 2 aromatic rings. The van der Waals surface area contributed by atoms with Crippen LogP contribution >= 0.6 is 15.9 Å². The molecule has 0 spiro atoms. The lowest BCUT2D eigenvalue weighted by molar-refractivity contribution is 0.465. The lowest BCUT2D eigenvalue weighted by Gasteiger charge is -2.17. The van der Waals surface area contributed by atoms with E-state index in [2.05, 4.69) is 40.8 Å². The van der Waals surface area contributed by atoms with E-state index in [-0.39, 0.29) is 0 Å². The Morgan fingerprint density at radius 3 is 2.52 bits per heavy atom. The molecule has 0 aliphatic carbocycles. The van der Waals surface area contributed by atoms with Crippen molar-refractivity contribution in [3.63, 3.8) is 0 Å². The molecule has 1 aromatic heterocycles. The van der Waals surface area contributed by atoms with E-state index in [1.165, 1.54) is 5.56 Å². The quantitative estimate of drug-likeness (QED) is 0.860. The molecule has 0 saturated carbocycles. The Kier molecular flexibility index (Phi) is 5.01. The van der Waals surface area contributed by atoms with Gasteiger partial charge < -0.3 is 10.5 Å². The Morgan fingerprint density at radius 1 is 1.19 bits per heavy atom. The fourth-order valence-corrected chi connectivity index (χ4v) is 2.72. The molecule has 0 radical (unpaired) electrons. The molecule has 0 unspecified atom stereocenters. The summed E-state index contributed by atoms with van der Waals surface area (Å²) < 4.78 is 7.22. The third-order valence-corrected chi connectivity index (χ3v) is 3.93. The van der Waals surface area contributed by atoms with Gasteiger partial charge in [0.15, 0.2) is 0 Å². The molecule has 4 heteroatoms. The number of aromatic nitrogens is 1. The Hall–Kier alpha value is -1.39. The van der Waals surface area contributed by atoms with Crippen LogP contribution in [0, 0.1) is 13.8 Å². The number of halogens is 1. The minimum absolute atomic E-state index is 0.378. The topological polar surface area (TPSA) is 48.1 Å². The van der Waals surface area contributed by atoms with Crippen molar-refractivity contribution in [2.75, 3.05) is 0 Å². The summed E-state index contributed by atoms with van der Waals surface area (Å²) >= 11 is 3.52. The van der Waals surface area contributed by atoms with E-state index in [1.54, 1.807) is 0 Å². The summed E-state index contributed by atoms with van der Waals surface area (Å²) in [4.78, 5) is 4.45. The van der Waals surface area contributed by atoms with Crippen LogP contribution in [0.4, 0.5) is 0 Å². The third kappa shape index (κ3) is 3.63. The maximum Gasteiger partial charge on any atom is 0.135 e. The van der Waals surface area contributed by atoms with E-state index in [0.717, 1.165) is 32.9 Å². The van der Waals surface area contributed by atoms with E-state index >= 15 is 0 Å². The number of pyridine rings is 1. The molecule has 1 aromatic carbocycles. The second-order valence-electron chi connectivity index (χ2n) is 5.47. The Labute approximate surface area is 134 Å². The normalized spacial score (nSPS) is 11.0. The summed E-state index contributed by atoms with van der Waals surface area (Å²) in [7, 11) is 0. The lowest BCUT2D eigenvalue weighted by atomic mass is 10.0. The fourth-order valence-electron chi connectivity index (χ4n) is 2.34. The molecule has 21 heavy (non-hydrogen) atoms. The average molecular weight is 349 g/mol. The van der Waals surface area contributed by atoms with Crippen LogP contribution in [0.1, 0.15) is 42.3 Å². The molecular weight excluding hydrogens is 328 g/mol. The SMILES string of the molecule is Cc1cc(Oc2ccc(Br)cc2C(C)C)c(CN)c(C)n1. The van der Waals surface area contributed by atoms with Gasteiger partial charge in [0.25, 0.3) is 0 Å².